The van der Waals surface area contributed by atoms with Gasteiger partial charge >= 0.3 is 0 Å². The number of piperidine rings is 1. The van der Waals surface area contributed by atoms with Crippen molar-refractivity contribution in [1.82, 2.24) is 9.80 Å². The minimum absolute atomic E-state index is 0.791. The van der Waals surface area contributed by atoms with E-state index in [9.17, 15) is 0 Å². The zero-order chi connectivity index (χ0) is 13.2. The summed E-state index contributed by atoms with van der Waals surface area (Å²) in [5.74, 6) is 0. The lowest BCUT2D eigenvalue weighted by atomic mass is 9.99. The van der Waals surface area contributed by atoms with Gasteiger partial charge in [0.1, 0.15) is 0 Å². The van der Waals surface area contributed by atoms with E-state index in [-0.39, 0.29) is 0 Å². The minimum Gasteiger partial charge on any atom is -0.398 e. The molecule has 2 fully saturated rings. The van der Waals surface area contributed by atoms with Crippen LogP contribution in [0.1, 0.15) is 24.8 Å². The van der Waals surface area contributed by atoms with Gasteiger partial charge in [0.05, 0.1) is 0 Å². The van der Waals surface area contributed by atoms with Gasteiger partial charge < -0.3 is 5.73 Å². The maximum Gasteiger partial charge on any atom is 0.0458 e. The van der Waals surface area contributed by atoms with Gasteiger partial charge in [-0.1, -0.05) is 12.5 Å². The molecule has 1 unspecified atom stereocenters. The summed E-state index contributed by atoms with van der Waals surface area (Å²) in [6, 6.07) is 7.09. The predicted molar refractivity (Wildman–Crippen MR) is 83.0 cm³/mol. The fourth-order valence-corrected chi connectivity index (χ4v) is 3.72. The van der Waals surface area contributed by atoms with Gasteiger partial charge in [-0.3, -0.25) is 9.80 Å². The number of benzene rings is 1. The molecule has 3 rings (SSSR count). The molecule has 104 valence electrons. The third-order valence-electron chi connectivity index (χ3n) is 4.39. The van der Waals surface area contributed by atoms with Gasteiger partial charge in [-0.15, -0.1) is 0 Å². The fourth-order valence-electron chi connectivity index (χ4n) is 3.29. The third-order valence-corrected chi connectivity index (χ3v) is 5.08. The van der Waals surface area contributed by atoms with E-state index in [0.29, 0.717) is 0 Å². The van der Waals surface area contributed by atoms with Crippen molar-refractivity contribution in [3.8, 4) is 0 Å². The fraction of sp³-hybridized carbons (Fsp3) is 0.600. The van der Waals surface area contributed by atoms with E-state index in [1.54, 1.807) is 0 Å². The van der Waals surface area contributed by atoms with Crippen molar-refractivity contribution < 1.29 is 0 Å². The van der Waals surface area contributed by atoms with Crippen LogP contribution in [0.25, 0.3) is 0 Å². The average Bonchev–Trinajstić information content (AvgIpc) is 2.43. The van der Waals surface area contributed by atoms with E-state index in [1.807, 2.05) is 6.07 Å². The minimum atomic E-state index is 0.791. The van der Waals surface area contributed by atoms with Crippen LogP contribution in [0.4, 0.5) is 5.69 Å². The van der Waals surface area contributed by atoms with Crippen LogP contribution in [-0.4, -0.2) is 42.0 Å². The highest BCUT2D eigenvalue weighted by Crippen LogP contribution is 2.24. The first-order valence-electron chi connectivity index (χ1n) is 7.23. The molecule has 0 saturated carbocycles. The normalized spacial score (nSPS) is 25.2. The molecule has 2 saturated heterocycles. The summed E-state index contributed by atoms with van der Waals surface area (Å²) in [6.07, 6.45) is 4.17. The Hall–Kier alpha value is -0.580. The lowest BCUT2D eigenvalue weighted by Gasteiger charge is -2.44. The highest BCUT2D eigenvalue weighted by atomic mass is 79.9. The summed E-state index contributed by atoms with van der Waals surface area (Å²) in [7, 11) is 0. The van der Waals surface area contributed by atoms with Crippen LogP contribution < -0.4 is 5.73 Å². The SMILES string of the molecule is Nc1ccc(CN2CCN3CCCCC3C2)cc1Br. The van der Waals surface area contributed by atoms with Gasteiger partial charge in [-0.25, -0.2) is 0 Å². The van der Waals surface area contributed by atoms with E-state index >= 15 is 0 Å². The maximum atomic E-state index is 5.84. The number of anilines is 1. The molecule has 2 heterocycles. The van der Waals surface area contributed by atoms with Crippen LogP contribution in [0.2, 0.25) is 0 Å². The number of piperazine rings is 1. The van der Waals surface area contributed by atoms with Crippen molar-refractivity contribution in [3.63, 3.8) is 0 Å². The number of nitrogen functional groups attached to an aromatic ring is 1. The molecule has 1 atom stereocenters. The Bertz CT molecular complexity index is 449. The van der Waals surface area contributed by atoms with Crippen LogP contribution in [0, 0.1) is 0 Å². The highest BCUT2D eigenvalue weighted by molar-refractivity contribution is 9.10. The first-order chi connectivity index (χ1) is 9.22. The van der Waals surface area contributed by atoms with E-state index in [2.05, 4.69) is 37.9 Å². The van der Waals surface area contributed by atoms with Crippen molar-refractivity contribution >= 4 is 21.6 Å². The molecule has 3 nitrogen and oxygen atoms in total. The van der Waals surface area contributed by atoms with E-state index in [4.69, 9.17) is 5.73 Å². The number of nitrogens with two attached hydrogens (primary N) is 1. The largest absolute Gasteiger partial charge is 0.398 e. The molecule has 0 amide bonds. The molecule has 1 aromatic rings. The second-order valence-corrected chi connectivity index (χ2v) is 6.63. The Labute approximate surface area is 123 Å². The van der Waals surface area contributed by atoms with Crippen LogP contribution in [0.3, 0.4) is 0 Å². The monoisotopic (exact) mass is 323 g/mol. The van der Waals surface area contributed by atoms with E-state index in [0.717, 1.165) is 22.7 Å². The first-order valence-corrected chi connectivity index (χ1v) is 8.02. The Morgan fingerprint density at radius 1 is 1.21 bits per heavy atom. The maximum absolute atomic E-state index is 5.84. The molecule has 19 heavy (non-hydrogen) atoms. The van der Waals surface area contributed by atoms with Crippen molar-refractivity contribution in [2.24, 2.45) is 0 Å². The van der Waals surface area contributed by atoms with Crippen molar-refractivity contribution in [2.45, 2.75) is 31.8 Å². The van der Waals surface area contributed by atoms with Crippen molar-refractivity contribution in [2.75, 3.05) is 31.9 Å². The number of hydrogen-bond acceptors (Lipinski definition) is 3. The molecule has 4 heteroatoms. The number of halogens is 1. The lowest BCUT2D eigenvalue weighted by molar-refractivity contribution is 0.0457. The van der Waals surface area contributed by atoms with Gasteiger partial charge in [0.25, 0.3) is 0 Å². The molecule has 0 aliphatic carbocycles. The smallest absolute Gasteiger partial charge is 0.0458 e. The predicted octanol–water partition coefficient (Wildman–Crippen LogP) is 2.70. The summed E-state index contributed by atoms with van der Waals surface area (Å²) in [5, 5.41) is 0. The number of fused-ring (bicyclic) bond motifs is 1. The van der Waals surface area contributed by atoms with Crippen LogP contribution in [0.5, 0.6) is 0 Å². The summed E-state index contributed by atoms with van der Waals surface area (Å²) < 4.78 is 1.02. The van der Waals surface area contributed by atoms with E-state index < -0.39 is 0 Å². The standard InChI is InChI=1S/C15H22BrN3/c16-14-9-12(4-5-15(14)17)10-18-7-8-19-6-2-1-3-13(19)11-18/h4-5,9,13H,1-3,6-8,10-11,17H2. The van der Waals surface area contributed by atoms with Gasteiger partial charge in [-0.2, -0.15) is 0 Å². The summed E-state index contributed by atoms with van der Waals surface area (Å²) in [6.45, 7) is 6.01. The molecule has 1 aromatic carbocycles. The van der Waals surface area contributed by atoms with Crippen molar-refractivity contribution in [3.05, 3.63) is 28.2 Å². The summed E-state index contributed by atoms with van der Waals surface area (Å²) >= 11 is 3.51. The molecule has 2 aliphatic rings. The van der Waals surface area contributed by atoms with E-state index in [1.165, 1.54) is 51.0 Å². The molecular weight excluding hydrogens is 302 g/mol. The van der Waals surface area contributed by atoms with Crippen molar-refractivity contribution in [1.29, 1.82) is 0 Å². The lowest BCUT2D eigenvalue weighted by Crippen LogP contribution is -2.54. The number of nitrogens with zero attached hydrogens (tertiary/aromatic N) is 2. The highest BCUT2D eigenvalue weighted by Gasteiger charge is 2.28. The molecule has 0 spiro atoms. The number of hydrogen-bond donors (Lipinski definition) is 1. The van der Waals surface area contributed by atoms with Gasteiger partial charge in [0, 0.05) is 42.4 Å². The zero-order valence-corrected chi connectivity index (χ0v) is 12.9. The molecule has 0 radical (unpaired) electrons. The quantitative estimate of drug-likeness (QED) is 0.849. The van der Waals surface area contributed by atoms with Crippen LogP contribution >= 0.6 is 15.9 Å². The van der Waals surface area contributed by atoms with Crippen LogP contribution in [-0.2, 0) is 6.54 Å². The molecule has 2 aliphatic heterocycles. The second kappa shape index (κ2) is 5.81. The Balaban J connectivity index is 1.62. The first kappa shape index (κ1) is 13.4. The average molecular weight is 324 g/mol. The summed E-state index contributed by atoms with van der Waals surface area (Å²) in [5.41, 5.74) is 8.01. The molecular formula is C15H22BrN3. The molecule has 0 bridgehead atoms. The van der Waals surface area contributed by atoms with Crippen LogP contribution in [0.15, 0.2) is 22.7 Å². The third kappa shape index (κ3) is 3.12. The summed E-state index contributed by atoms with van der Waals surface area (Å²) in [4.78, 5) is 5.27. The number of rotatable bonds is 2. The Morgan fingerprint density at radius 3 is 2.95 bits per heavy atom. The topological polar surface area (TPSA) is 32.5 Å². The second-order valence-electron chi connectivity index (χ2n) is 5.78. The van der Waals surface area contributed by atoms with Gasteiger partial charge in [0.2, 0.25) is 0 Å². The van der Waals surface area contributed by atoms with Gasteiger partial charge in [0.15, 0.2) is 0 Å². The molecule has 2 N–H and O–H groups in total. The Kier molecular flexibility index (Phi) is 4.10. The van der Waals surface area contributed by atoms with Gasteiger partial charge in [-0.05, 0) is 53.0 Å². The zero-order valence-electron chi connectivity index (χ0n) is 11.3. The Morgan fingerprint density at radius 2 is 2.11 bits per heavy atom. The molecule has 0 aromatic heterocycles.